The smallest absolute Gasteiger partial charge is 0.323 e. The van der Waals surface area contributed by atoms with E-state index in [-0.39, 0.29) is 11.9 Å². The summed E-state index contributed by atoms with van der Waals surface area (Å²) in [4.78, 5) is 42.5. The Labute approximate surface area is 263 Å². The Balaban J connectivity index is 0.989. The summed E-state index contributed by atoms with van der Waals surface area (Å²) in [6.45, 7) is 10.2. The predicted molar refractivity (Wildman–Crippen MR) is 173 cm³/mol. The molecule has 45 heavy (non-hydrogen) atoms. The van der Waals surface area contributed by atoms with Crippen molar-refractivity contribution in [3.63, 3.8) is 0 Å². The van der Waals surface area contributed by atoms with Crippen molar-refractivity contribution < 1.29 is 19.1 Å². The van der Waals surface area contributed by atoms with Crippen LogP contribution in [0.2, 0.25) is 0 Å². The van der Waals surface area contributed by atoms with Crippen LogP contribution in [-0.4, -0.2) is 95.8 Å². The first-order valence-corrected chi connectivity index (χ1v) is 16.1. The number of piperazine rings is 1. The molecule has 4 aliphatic rings. The number of carbonyl (C=O) groups excluding carboxylic acids is 2. The molecule has 0 radical (unpaired) electrons. The fraction of sp³-hybridized carbons (Fsp3) is 0.471. The van der Waals surface area contributed by atoms with Crippen LogP contribution in [0.4, 0.5) is 22.0 Å². The van der Waals surface area contributed by atoms with E-state index < -0.39 is 0 Å². The van der Waals surface area contributed by atoms with Crippen LogP contribution in [0.3, 0.4) is 0 Å². The Morgan fingerprint density at radius 1 is 0.844 bits per heavy atom. The van der Waals surface area contributed by atoms with Gasteiger partial charge in [0, 0.05) is 66.7 Å². The van der Waals surface area contributed by atoms with Gasteiger partial charge in [-0.3, -0.25) is 9.69 Å². The Bertz CT molecular complexity index is 1520. The van der Waals surface area contributed by atoms with Crippen LogP contribution in [0.5, 0.6) is 0 Å². The average Bonchev–Trinajstić information content (AvgIpc) is 3.31. The highest BCUT2D eigenvalue weighted by molar-refractivity contribution is 6.00. The molecule has 0 saturated carbocycles. The van der Waals surface area contributed by atoms with Gasteiger partial charge in [-0.2, -0.15) is 0 Å². The molecule has 1 aromatic heterocycles. The van der Waals surface area contributed by atoms with Gasteiger partial charge < -0.3 is 29.9 Å². The number of hydrogen-bond donors (Lipinski definition) is 2. The van der Waals surface area contributed by atoms with Gasteiger partial charge in [-0.15, -0.1) is 0 Å². The number of amides is 3. The lowest BCUT2D eigenvalue weighted by atomic mass is 10.1. The number of urea groups is 1. The van der Waals surface area contributed by atoms with E-state index in [1.807, 2.05) is 29.2 Å². The third-order valence-electron chi connectivity index (χ3n) is 9.41. The third-order valence-corrected chi connectivity index (χ3v) is 9.41. The van der Waals surface area contributed by atoms with E-state index in [1.54, 1.807) is 24.3 Å². The van der Waals surface area contributed by atoms with Crippen molar-refractivity contribution in [1.82, 2.24) is 19.8 Å². The summed E-state index contributed by atoms with van der Waals surface area (Å²) in [5, 5.41) is 5.75. The molecule has 3 aromatic rings. The quantitative estimate of drug-likeness (QED) is 0.422. The molecule has 7 rings (SSSR count). The van der Waals surface area contributed by atoms with E-state index >= 15 is 0 Å². The molecule has 2 atom stereocenters. The van der Waals surface area contributed by atoms with Crippen molar-refractivity contribution in [1.29, 1.82) is 0 Å². The minimum absolute atomic E-state index is 0.0233. The Hall–Kier alpha value is -4.06. The van der Waals surface area contributed by atoms with Gasteiger partial charge in [0.1, 0.15) is 5.82 Å². The highest BCUT2D eigenvalue weighted by Crippen LogP contribution is 2.38. The number of hydrogen-bond acceptors (Lipinski definition) is 8. The van der Waals surface area contributed by atoms with Crippen LogP contribution in [0.15, 0.2) is 48.5 Å². The second-order valence-electron chi connectivity index (χ2n) is 12.6. The monoisotopic (exact) mass is 611 g/mol. The first-order valence-electron chi connectivity index (χ1n) is 16.1. The third kappa shape index (κ3) is 6.25. The van der Waals surface area contributed by atoms with E-state index in [0.717, 1.165) is 81.3 Å². The second-order valence-corrected chi connectivity index (χ2v) is 12.6. The van der Waals surface area contributed by atoms with Crippen LogP contribution in [0.1, 0.15) is 48.3 Å². The van der Waals surface area contributed by atoms with Gasteiger partial charge in [-0.25, -0.2) is 14.8 Å². The molecule has 11 nitrogen and oxygen atoms in total. The molecule has 2 N–H and O–H groups in total. The summed E-state index contributed by atoms with van der Waals surface area (Å²) in [5.41, 5.74) is 4.93. The first-order chi connectivity index (χ1) is 21.9. The average molecular weight is 612 g/mol. The second kappa shape index (κ2) is 12.7. The molecule has 3 saturated heterocycles. The Morgan fingerprint density at radius 2 is 1.49 bits per heavy atom. The van der Waals surface area contributed by atoms with Crippen LogP contribution in [-0.2, 0) is 22.5 Å². The van der Waals surface area contributed by atoms with Crippen LogP contribution in [0.25, 0.3) is 11.4 Å². The van der Waals surface area contributed by atoms with Gasteiger partial charge in [-0.05, 0) is 75.2 Å². The van der Waals surface area contributed by atoms with Gasteiger partial charge in [-0.1, -0.05) is 0 Å². The number of anilines is 3. The molecule has 5 heterocycles. The first kappa shape index (κ1) is 29.6. The summed E-state index contributed by atoms with van der Waals surface area (Å²) in [6, 6.07) is 15.5. The van der Waals surface area contributed by atoms with Gasteiger partial charge in [0.15, 0.2) is 5.82 Å². The topological polar surface area (TPSA) is 112 Å². The van der Waals surface area contributed by atoms with Crippen LogP contribution >= 0.6 is 0 Å². The summed E-state index contributed by atoms with van der Waals surface area (Å²) in [5.74, 6) is 1.69. The fourth-order valence-electron chi connectivity index (χ4n) is 6.85. The number of carbonyl (C=O) groups is 2. The number of ether oxygens (including phenoxy) is 2. The summed E-state index contributed by atoms with van der Waals surface area (Å²) < 4.78 is 11.6. The van der Waals surface area contributed by atoms with Gasteiger partial charge in [0.25, 0.3) is 5.91 Å². The van der Waals surface area contributed by atoms with Gasteiger partial charge >= 0.3 is 6.03 Å². The lowest BCUT2D eigenvalue weighted by Crippen LogP contribution is -2.50. The van der Waals surface area contributed by atoms with E-state index in [4.69, 9.17) is 19.4 Å². The maximum atomic E-state index is 13.0. The predicted octanol–water partition coefficient (Wildman–Crippen LogP) is 4.39. The molecule has 3 fully saturated rings. The fourth-order valence-corrected chi connectivity index (χ4v) is 6.85. The van der Waals surface area contributed by atoms with E-state index in [0.29, 0.717) is 54.1 Å². The molecule has 2 aromatic carbocycles. The number of morpholine rings is 1. The number of fused-ring (bicyclic) bond motifs is 3. The molecule has 3 amide bonds. The number of nitrogens with one attached hydrogen (secondary N) is 2. The SMILES string of the molecule is CC(C)N1CCN(C(=O)c2ccc(NC(=O)Nc3ccc(-c4nc5c(c(N6C7CCC6COC7)n4)COCC5)cc3)cc2)CC1. The van der Waals surface area contributed by atoms with Crippen molar-refractivity contribution >= 4 is 29.1 Å². The van der Waals surface area contributed by atoms with Crippen LogP contribution in [0, 0.1) is 0 Å². The maximum Gasteiger partial charge on any atom is 0.323 e. The molecule has 2 unspecified atom stereocenters. The largest absolute Gasteiger partial charge is 0.377 e. The summed E-state index contributed by atoms with van der Waals surface area (Å²) >= 11 is 0. The summed E-state index contributed by atoms with van der Waals surface area (Å²) in [6.07, 6.45) is 2.99. The van der Waals surface area contributed by atoms with Crippen molar-refractivity contribution in [2.75, 3.05) is 61.5 Å². The van der Waals surface area contributed by atoms with E-state index in [1.165, 1.54) is 0 Å². The molecule has 0 spiro atoms. The molecule has 0 aliphatic carbocycles. The number of rotatable bonds is 6. The van der Waals surface area contributed by atoms with Crippen molar-refractivity contribution in [2.45, 2.75) is 57.8 Å². The van der Waals surface area contributed by atoms with E-state index in [2.05, 4.69) is 34.3 Å². The standard InChI is InChI=1S/C34H41N7O4/c1-22(2)39-14-16-40(17-15-39)33(42)24-5-9-26(10-6-24)36-34(43)35-25-7-3-23(4-8-25)31-37-30-13-18-44-21-29(30)32(38-31)41-27-11-12-28(41)20-45-19-27/h3-10,22,27-28H,11-21H2,1-2H3,(H2,35,36,43). The molecule has 11 heteroatoms. The molecular formula is C34H41N7O4. The lowest BCUT2D eigenvalue weighted by Gasteiger charge is -2.37. The van der Waals surface area contributed by atoms with Crippen molar-refractivity contribution in [3.05, 3.63) is 65.4 Å². The molecule has 2 bridgehead atoms. The van der Waals surface area contributed by atoms with Gasteiger partial charge in [0.2, 0.25) is 0 Å². The number of nitrogens with zero attached hydrogens (tertiary/aromatic N) is 5. The maximum absolute atomic E-state index is 13.0. The molecular weight excluding hydrogens is 570 g/mol. The summed E-state index contributed by atoms with van der Waals surface area (Å²) in [7, 11) is 0. The molecule has 4 aliphatic heterocycles. The number of aromatic nitrogens is 2. The Kier molecular flexibility index (Phi) is 8.39. The highest BCUT2D eigenvalue weighted by Gasteiger charge is 2.40. The molecule has 236 valence electrons. The Morgan fingerprint density at radius 3 is 2.13 bits per heavy atom. The van der Waals surface area contributed by atoms with Gasteiger partial charge in [0.05, 0.1) is 44.2 Å². The van der Waals surface area contributed by atoms with Crippen molar-refractivity contribution in [3.8, 4) is 11.4 Å². The minimum atomic E-state index is -0.359. The van der Waals surface area contributed by atoms with Crippen LogP contribution < -0.4 is 15.5 Å². The zero-order valence-corrected chi connectivity index (χ0v) is 26.0. The highest BCUT2D eigenvalue weighted by atomic mass is 16.5. The zero-order chi connectivity index (χ0) is 30.9. The minimum Gasteiger partial charge on any atom is -0.377 e. The van der Waals surface area contributed by atoms with E-state index in [9.17, 15) is 9.59 Å². The van der Waals surface area contributed by atoms with Crippen molar-refractivity contribution in [2.24, 2.45) is 0 Å². The lowest BCUT2D eigenvalue weighted by molar-refractivity contribution is 0.0595. The normalized spacial score (nSPS) is 21.5. The number of benzene rings is 2. The zero-order valence-electron chi connectivity index (χ0n) is 26.0.